The molecular formula is C11H16N4O4. The Morgan fingerprint density at radius 1 is 1.32 bits per heavy atom. The molecule has 0 radical (unpaired) electrons. The highest BCUT2D eigenvalue weighted by Crippen LogP contribution is 1.93. The molecule has 1 unspecified atom stereocenters. The summed E-state index contributed by atoms with van der Waals surface area (Å²) in [6, 6.07) is -0.458. The van der Waals surface area contributed by atoms with Crippen LogP contribution in [0.25, 0.3) is 0 Å². The molecule has 1 aromatic rings. The Morgan fingerprint density at radius 3 is 2.63 bits per heavy atom. The minimum Gasteiger partial charge on any atom is -0.479 e. The van der Waals surface area contributed by atoms with Crippen LogP contribution in [0.2, 0.25) is 0 Å². The van der Waals surface area contributed by atoms with Crippen molar-refractivity contribution in [1.29, 1.82) is 0 Å². The van der Waals surface area contributed by atoms with Crippen LogP contribution in [-0.2, 0) is 11.3 Å². The average molecular weight is 268 g/mol. The molecule has 4 N–H and O–H groups in total. The van der Waals surface area contributed by atoms with Crippen molar-refractivity contribution in [2.75, 3.05) is 6.54 Å². The van der Waals surface area contributed by atoms with Crippen LogP contribution in [0.5, 0.6) is 0 Å². The molecule has 1 aromatic heterocycles. The third-order valence-corrected chi connectivity index (χ3v) is 2.25. The van der Waals surface area contributed by atoms with Gasteiger partial charge in [0.25, 0.3) is 0 Å². The van der Waals surface area contributed by atoms with Gasteiger partial charge in [0.2, 0.25) is 0 Å². The van der Waals surface area contributed by atoms with Crippen molar-refractivity contribution in [2.45, 2.75) is 26.0 Å². The third kappa shape index (κ3) is 5.77. The molecule has 1 heterocycles. The number of hydrogen-bond acceptors (Lipinski definition) is 5. The summed E-state index contributed by atoms with van der Waals surface area (Å²) in [7, 11) is 0. The summed E-state index contributed by atoms with van der Waals surface area (Å²) in [6.07, 6.45) is 1.64. The Labute approximate surface area is 109 Å². The number of hydrogen-bond donors (Lipinski definition) is 4. The summed E-state index contributed by atoms with van der Waals surface area (Å²) in [4.78, 5) is 29.7. The first kappa shape index (κ1) is 14.8. The van der Waals surface area contributed by atoms with Crippen LogP contribution in [0.15, 0.2) is 12.4 Å². The molecule has 8 heteroatoms. The van der Waals surface area contributed by atoms with Crippen LogP contribution in [0.4, 0.5) is 4.79 Å². The Hall–Kier alpha value is -2.22. The van der Waals surface area contributed by atoms with Gasteiger partial charge >= 0.3 is 12.0 Å². The van der Waals surface area contributed by atoms with Crippen molar-refractivity contribution in [2.24, 2.45) is 0 Å². The highest BCUT2D eigenvalue weighted by atomic mass is 16.4. The fourth-order valence-electron chi connectivity index (χ4n) is 1.19. The molecular weight excluding hydrogens is 252 g/mol. The van der Waals surface area contributed by atoms with E-state index in [1.807, 2.05) is 6.92 Å². The standard InChI is InChI=1S/C11H16N4O4/c1-7-4-14-8(5-13-7)6-15-11(19)12-3-2-9(16)10(17)18/h4-5,9,16H,2-3,6H2,1H3,(H,17,18)(H2,12,15,19). The molecule has 8 nitrogen and oxygen atoms in total. The molecule has 0 aliphatic rings. The fraction of sp³-hybridized carbons (Fsp3) is 0.455. The zero-order valence-electron chi connectivity index (χ0n) is 10.5. The molecule has 2 amide bonds. The molecule has 0 bridgehead atoms. The van der Waals surface area contributed by atoms with Gasteiger partial charge in [0.05, 0.1) is 24.1 Å². The minimum atomic E-state index is -1.47. The lowest BCUT2D eigenvalue weighted by Crippen LogP contribution is -2.37. The fourth-order valence-corrected chi connectivity index (χ4v) is 1.19. The van der Waals surface area contributed by atoms with Gasteiger partial charge < -0.3 is 20.8 Å². The number of carboxylic acid groups (broad SMARTS) is 1. The van der Waals surface area contributed by atoms with Crippen molar-refractivity contribution in [3.63, 3.8) is 0 Å². The summed E-state index contributed by atoms with van der Waals surface area (Å²) in [5, 5.41) is 22.4. The average Bonchev–Trinajstić information content (AvgIpc) is 2.37. The van der Waals surface area contributed by atoms with E-state index in [9.17, 15) is 9.59 Å². The minimum absolute atomic E-state index is 0.0485. The number of carbonyl (C=O) groups excluding carboxylic acids is 1. The van der Waals surface area contributed by atoms with Gasteiger partial charge in [-0.05, 0) is 6.92 Å². The summed E-state index contributed by atoms with van der Waals surface area (Å²) >= 11 is 0. The summed E-state index contributed by atoms with van der Waals surface area (Å²) in [6.45, 7) is 2.10. The van der Waals surface area contributed by atoms with E-state index in [1.54, 1.807) is 12.4 Å². The molecule has 1 atom stereocenters. The largest absolute Gasteiger partial charge is 0.479 e. The zero-order chi connectivity index (χ0) is 14.3. The number of aryl methyl sites for hydroxylation is 1. The third-order valence-electron chi connectivity index (χ3n) is 2.25. The number of rotatable bonds is 6. The first-order chi connectivity index (χ1) is 8.99. The maximum Gasteiger partial charge on any atom is 0.332 e. The Morgan fingerprint density at radius 2 is 2.05 bits per heavy atom. The monoisotopic (exact) mass is 268 g/mol. The van der Waals surface area contributed by atoms with Gasteiger partial charge in [0, 0.05) is 19.2 Å². The zero-order valence-corrected chi connectivity index (χ0v) is 10.5. The number of carbonyl (C=O) groups is 2. The maximum absolute atomic E-state index is 11.3. The summed E-state index contributed by atoms with van der Waals surface area (Å²) in [5.74, 6) is -1.31. The molecule has 0 aliphatic heterocycles. The van der Waals surface area contributed by atoms with Gasteiger partial charge in [-0.25, -0.2) is 9.59 Å². The maximum atomic E-state index is 11.3. The second kappa shape index (κ2) is 7.27. The number of aliphatic hydroxyl groups excluding tert-OH is 1. The van der Waals surface area contributed by atoms with Crippen molar-refractivity contribution in [3.05, 3.63) is 23.8 Å². The number of nitrogens with zero attached hydrogens (tertiary/aromatic N) is 2. The number of carboxylic acids is 1. The van der Waals surface area contributed by atoms with Crippen molar-refractivity contribution >= 4 is 12.0 Å². The van der Waals surface area contributed by atoms with Crippen LogP contribution in [0.1, 0.15) is 17.8 Å². The lowest BCUT2D eigenvalue weighted by molar-refractivity contribution is -0.146. The molecule has 0 aromatic carbocycles. The van der Waals surface area contributed by atoms with Crippen molar-refractivity contribution < 1.29 is 19.8 Å². The number of aromatic nitrogens is 2. The Balaban J connectivity index is 2.21. The Kier molecular flexibility index (Phi) is 5.68. The van der Waals surface area contributed by atoms with Crippen LogP contribution < -0.4 is 10.6 Å². The molecule has 19 heavy (non-hydrogen) atoms. The molecule has 0 fully saturated rings. The molecule has 0 spiro atoms. The first-order valence-corrected chi connectivity index (χ1v) is 5.69. The van der Waals surface area contributed by atoms with Crippen LogP contribution >= 0.6 is 0 Å². The van der Waals surface area contributed by atoms with Gasteiger partial charge in [-0.1, -0.05) is 0 Å². The molecule has 104 valence electrons. The first-order valence-electron chi connectivity index (χ1n) is 5.69. The van der Waals surface area contributed by atoms with E-state index in [0.29, 0.717) is 5.69 Å². The summed E-state index contributed by atoms with van der Waals surface area (Å²) in [5.41, 5.74) is 1.40. The molecule has 1 rings (SSSR count). The van der Waals surface area contributed by atoms with Gasteiger partial charge in [0.1, 0.15) is 0 Å². The SMILES string of the molecule is Cc1cnc(CNC(=O)NCCC(O)C(=O)O)cn1. The molecule has 0 aliphatic carbocycles. The number of amides is 2. The highest BCUT2D eigenvalue weighted by Gasteiger charge is 2.12. The number of nitrogens with one attached hydrogen (secondary N) is 2. The molecule has 0 saturated carbocycles. The van der Waals surface area contributed by atoms with E-state index in [4.69, 9.17) is 10.2 Å². The van der Waals surface area contributed by atoms with E-state index in [2.05, 4.69) is 20.6 Å². The number of urea groups is 1. The van der Waals surface area contributed by atoms with E-state index in [1.165, 1.54) is 0 Å². The van der Waals surface area contributed by atoms with Crippen molar-refractivity contribution in [3.8, 4) is 0 Å². The second-order valence-electron chi connectivity index (χ2n) is 3.90. The number of aliphatic carboxylic acids is 1. The lowest BCUT2D eigenvalue weighted by atomic mass is 10.2. The van der Waals surface area contributed by atoms with E-state index >= 15 is 0 Å². The van der Waals surface area contributed by atoms with Crippen LogP contribution in [0.3, 0.4) is 0 Å². The van der Waals surface area contributed by atoms with Gasteiger partial charge in [-0.2, -0.15) is 0 Å². The lowest BCUT2D eigenvalue weighted by Gasteiger charge is -2.08. The summed E-state index contributed by atoms with van der Waals surface area (Å²) < 4.78 is 0. The normalized spacial score (nSPS) is 11.7. The van der Waals surface area contributed by atoms with E-state index < -0.39 is 18.1 Å². The van der Waals surface area contributed by atoms with E-state index in [0.717, 1.165) is 5.69 Å². The topological polar surface area (TPSA) is 124 Å². The van der Waals surface area contributed by atoms with Crippen LogP contribution in [0, 0.1) is 6.92 Å². The quantitative estimate of drug-likeness (QED) is 0.547. The predicted octanol–water partition coefficient (Wildman–Crippen LogP) is -0.580. The number of aliphatic hydroxyl groups is 1. The van der Waals surface area contributed by atoms with Gasteiger partial charge in [0.15, 0.2) is 6.10 Å². The Bertz CT molecular complexity index is 435. The van der Waals surface area contributed by atoms with Crippen LogP contribution in [-0.4, -0.2) is 44.8 Å². The molecule has 0 saturated heterocycles. The van der Waals surface area contributed by atoms with Gasteiger partial charge in [-0.3, -0.25) is 9.97 Å². The second-order valence-corrected chi connectivity index (χ2v) is 3.90. The van der Waals surface area contributed by atoms with Crippen molar-refractivity contribution in [1.82, 2.24) is 20.6 Å². The highest BCUT2D eigenvalue weighted by molar-refractivity contribution is 5.74. The predicted molar refractivity (Wildman–Crippen MR) is 65.3 cm³/mol. The van der Waals surface area contributed by atoms with Gasteiger partial charge in [-0.15, -0.1) is 0 Å². The van der Waals surface area contributed by atoms with E-state index in [-0.39, 0.29) is 19.5 Å². The smallest absolute Gasteiger partial charge is 0.332 e.